The number of nitrogens with one attached hydrogen (secondary N) is 1. The molecule has 0 saturated carbocycles. The summed E-state index contributed by atoms with van der Waals surface area (Å²) in [5.74, 6) is 3.22. The zero-order valence-electron chi connectivity index (χ0n) is 25.0. The van der Waals surface area contributed by atoms with Crippen LogP contribution in [0.3, 0.4) is 0 Å². The Morgan fingerprint density at radius 2 is 1.83 bits per heavy atom. The molecule has 0 bridgehead atoms. The lowest BCUT2D eigenvalue weighted by atomic mass is 10.1. The SMILES string of the molecule is COc1cc(-n2cnc(Nc3nc4c(c(N5CCC[C@H]5CO)n3)CN(C(=O)OC(C)(C)C)CC4)c2)cc(OC)c1OC. The number of imidazole rings is 1. The maximum Gasteiger partial charge on any atom is 0.410 e. The fraction of sp³-hybridized carbons (Fsp3) is 0.517. The third-order valence-electron chi connectivity index (χ3n) is 7.32. The molecule has 42 heavy (non-hydrogen) atoms. The second-order valence-electron chi connectivity index (χ2n) is 11.3. The fourth-order valence-electron chi connectivity index (χ4n) is 5.34. The Kier molecular flexibility index (Phi) is 8.30. The molecule has 1 aromatic carbocycles. The maximum absolute atomic E-state index is 12.9. The molecule has 2 aliphatic rings. The molecule has 0 spiro atoms. The minimum atomic E-state index is -0.590. The topological polar surface area (TPSA) is 136 Å². The number of carbonyl (C=O) groups is 1. The number of aromatic nitrogens is 4. The van der Waals surface area contributed by atoms with Gasteiger partial charge >= 0.3 is 6.09 Å². The third-order valence-corrected chi connectivity index (χ3v) is 7.32. The van der Waals surface area contributed by atoms with Crippen LogP contribution >= 0.6 is 0 Å². The summed E-state index contributed by atoms with van der Waals surface area (Å²) in [5, 5.41) is 13.3. The van der Waals surface area contributed by atoms with E-state index in [4.69, 9.17) is 28.9 Å². The van der Waals surface area contributed by atoms with Crippen LogP contribution in [-0.4, -0.2) is 88.3 Å². The Bertz CT molecular complexity index is 1410. The van der Waals surface area contributed by atoms with Gasteiger partial charge in [-0.3, -0.25) is 0 Å². The molecule has 0 radical (unpaired) electrons. The molecule has 1 fully saturated rings. The van der Waals surface area contributed by atoms with E-state index in [2.05, 4.69) is 15.2 Å². The molecular formula is C29H39N7O6. The fourth-order valence-corrected chi connectivity index (χ4v) is 5.34. The highest BCUT2D eigenvalue weighted by atomic mass is 16.6. The van der Waals surface area contributed by atoms with E-state index in [1.165, 1.54) is 0 Å². The highest BCUT2D eigenvalue weighted by Crippen LogP contribution is 2.39. The molecule has 2 N–H and O–H groups in total. The van der Waals surface area contributed by atoms with Crippen molar-refractivity contribution in [1.29, 1.82) is 0 Å². The van der Waals surface area contributed by atoms with Gasteiger partial charge in [0.1, 0.15) is 17.7 Å². The zero-order valence-corrected chi connectivity index (χ0v) is 25.0. The first kappa shape index (κ1) is 29.2. The van der Waals surface area contributed by atoms with Crippen molar-refractivity contribution in [2.24, 2.45) is 0 Å². The van der Waals surface area contributed by atoms with E-state index in [1.54, 1.807) is 32.6 Å². The Labute approximate surface area is 245 Å². The van der Waals surface area contributed by atoms with Gasteiger partial charge in [-0.05, 0) is 33.6 Å². The summed E-state index contributed by atoms with van der Waals surface area (Å²) in [6, 6.07) is 3.62. The number of rotatable bonds is 8. The van der Waals surface area contributed by atoms with Gasteiger partial charge in [-0.25, -0.2) is 14.8 Å². The smallest absolute Gasteiger partial charge is 0.410 e. The Morgan fingerprint density at radius 3 is 2.48 bits per heavy atom. The van der Waals surface area contributed by atoms with Crippen LogP contribution in [0.25, 0.3) is 5.69 Å². The number of aliphatic hydroxyl groups excluding tert-OH is 1. The number of methoxy groups -OCH3 is 3. The summed E-state index contributed by atoms with van der Waals surface area (Å²) in [6.07, 6.45) is 5.49. The number of aliphatic hydroxyl groups is 1. The Hall–Kier alpha value is -4.26. The van der Waals surface area contributed by atoms with Crippen LogP contribution in [0.5, 0.6) is 17.2 Å². The van der Waals surface area contributed by atoms with Crippen molar-refractivity contribution in [2.45, 2.75) is 58.2 Å². The van der Waals surface area contributed by atoms with E-state index < -0.39 is 5.60 Å². The maximum atomic E-state index is 12.9. The van der Waals surface area contributed by atoms with Gasteiger partial charge in [0.25, 0.3) is 0 Å². The second-order valence-corrected chi connectivity index (χ2v) is 11.3. The molecule has 3 aromatic rings. The van der Waals surface area contributed by atoms with Crippen LogP contribution in [0.2, 0.25) is 0 Å². The van der Waals surface area contributed by atoms with Crippen molar-refractivity contribution in [1.82, 2.24) is 24.4 Å². The zero-order chi connectivity index (χ0) is 30.0. The van der Waals surface area contributed by atoms with Gasteiger partial charge in [-0.15, -0.1) is 0 Å². The summed E-state index contributed by atoms with van der Waals surface area (Å²) in [6.45, 7) is 7.17. The minimum absolute atomic E-state index is 0.0243. The highest BCUT2D eigenvalue weighted by molar-refractivity contribution is 5.70. The van der Waals surface area contributed by atoms with Crippen LogP contribution in [0.4, 0.5) is 22.4 Å². The lowest BCUT2D eigenvalue weighted by molar-refractivity contribution is 0.0223. The molecule has 2 aliphatic heterocycles. The number of carbonyl (C=O) groups excluding carboxylic acids is 1. The first-order valence-corrected chi connectivity index (χ1v) is 14.0. The number of ether oxygens (including phenoxy) is 4. The van der Waals surface area contributed by atoms with Gasteiger partial charge in [0, 0.05) is 37.2 Å². The van der Waals surface area contributed by atoms with Crippen molar-refractivity contribution in [3.63, 3.8) is 0 Å². The average Bonchev–Trinajstić information content (AvgIpc) is 3.64. The van der Waals surface area contributed by atoms with Crippen molar-refractivity contribution in [3.8, 4) is 22.9 Å². The predicted molar refractivity (Wildman–Crippen MR) is 156 cm³/mol. The minimum Gasteiger partial charge on any atom is -0.493 e. The van der Waals surface area contributed by atoms with E-state index >= 15 is 0 Å². The molecule has 1 saturated heterocycles. The number of hydrogen-bond acceptors (Lipinski definition) is 11. The molecule has 2 aromatic heterocycles. The van der Waals surface area contributed by atoms with Gasteiger partial charge in [-0.2, -0.15) is 4.98 Å². The molecule has 13 heteroatoms. The molecule has 13 nitrogen and oxygen atoms in total. The van der Waals surface area contributed by atoms with E-state index in [0.29, 0.717) is 48.5 Å². The normalized spacial score (nSPS) is 16.7. The molecule has 1 atom stereocenters. The van der Waals surface area contributed by atoms with Crippen LogP contribution < -0.4 is 24.4 Å². The lowest BCUT2D eigenvalue weighted by Crippen LogP contribution is -2.42. The molecule has 4 heterocycles. The molecule has 0 aliphatic carbocycles. The van der Waals surface area contributed by atoms with Gasteiger partial charge in [0.05, 0.1) is 58.1 Å². The van der Waals surface area contributed by atoms with Crippen LogP contribution in [0, 0.1) is 0 Å². The average molecular weight is 582 g/mol. The van der Waals surface area contributed by atoms with E-state index in [9.17, 15) is 9.90 Å². The number of amides is 1. The highest BCUT2D eigenvalue weighted by Gasteiger charge is 2.33. The van der Waals surface area contributed by atoms with Crippen LogP contribution in [0.15, 0.2) is 24.7 Å². The first-order chi connectivity index (χ1) is 20.1. The quantitative estimate of drug-likeness (QED) is 0.403. The van der Waals surface area contributed by atoms with E-state index in [1.807, 2.05) is 43.7 Å². The second kappa shape index (κ2) is 11.9. The molecule has 1 amide bonds. The summed E-state index contributed by atoms with van der Waals surface area (Å²) >= 11 is 0. The van der Waals surface area contributed by atoms with Crippen LogP contribution in [0.1, 0.15) is 44.9 Å². The number of anilines is 3. The van der Waals surface area contributed by atoms with Gasteiger partial charge in [0.2, 0.25) is 11.7 Å². The molecule has 226 valence electrons. The Morgan fingerprint density at radius 1 is 1.10 bits per heavy atom. The van der Waals surface area contributed by atoms with E-state index in [-0.39, 0.29) is 18.7 Å². The number of benzene rings is 1. The summed E-state index contributed by atoms with van der Waals surface area (Å²) in [5.41, 5.74) is 1.91. The lowest BCUT2D eigenvalue weighted by Gasteiger charge is -2.34. The van der Waals surface area contributed by atoms with Gasteiger partial charge in [-0.1, -0.05) is 0 Å². The monoisotopic (exact) mass is 581 g/mol. The van der Waals surface area contributed by atoms with Crippen molar-refractivity contribution < 1.29 is 28.8 Å². The molecular weight excluding hydrogens is 542 g/mol. The summed E-state index contributed by atoms with van der Waals surface area (Å²) < 4.78 is 23.9. The standard InChI is InChI=1S/C29H39N7O6/c1-29(2,3)42-28(38)34-11-9-21-20(14-34)26(36-10-7-8-18(36)16-37)33-27(31-21)32-24-15-35(17-30-24)19-12-22(39-4)25(41-6)23(13-19)40-5/h12-13,15,17-18,37H,7-11,14,16H2,1-6H3,(H,31,32,33)/t18-/m0/s1. The summed E-state index contributed by atoms with van der Waals surface area (Å²) in [7, 11) is 4.70. The van der Waals surface area contributed by atoms with Crippen LogP contribution in [-0.2, 0) is 17.7 Å². The largest absolute Gasteiger partial charge is 0.493 e. The van der Waals surface area contributed by atoms with Gasteiger partial charge < -0.3 is 43.7 Å². The Balaban J connectivity index is 1.45. The van der Waals surface area contributed by atoms with E-state index in [0.717, 1.165) is 42.1 Å². The third kappa shape index (κ3) is 6.01. The molecule has 0 unspecified atom stereocenters. The van der Waals surface area contributed by atoms with Crippen molar-refractivity contribution in [2.75, 3.05) is 51.2 Å². The number of fused-ring (bicyclic) bond motifs is 1. The number of hydrogen-bond donors (Lipinski definition) is 2. The van der Waals surface area contributed by atoms with Crippen molar-refractivity contribution >= 4 is 23.7 Å². The number of nitrogens with zero attached hydrogens (tertiary/aromatic N) is 6. The first-order valence-electron chi connectivity index (χ1n) is 14.0. The molecule has 5 rings (SSSR count). The predicted octanol–water partition coefficient (Wildman–Crippen LogP) is 3.69. The summed E-state index contributed by atoms with van der Waals surface area (Å²) in [4.78, 5) is 30.9. The van der Waals surface area contributed by atoms with Crippen molar-refractivity contribution in [3.05, 3.63) is 35.9 Å². The van der Waals surface area contributed by atoms with Gasteiger partial charge in [0.15, 0.2) is 17.3 Å².